The average Bonchev–Trinajstić information content (AvgIpc) is 2.79. The summed E-state index contributed by atoms with van der Waals surface area (Å²) in [6.45, 7) is 14.7. The largest absolute Gasteiger partial charge is 0.0895 e. The highest BCUT2D eigenvalue weighted by atomic mass is 32.2. The fourth-order valence-electron chi connectivity index (χ4n) is 6.96. The molecule has 4 unspecified atom stereocenters. The van der Waals surface area contributed by atoms with Crippen molar-refractivity contribution in [3.63, 3.8) is 0 Å². The molecule has 0 amide bonds. The molecule has 2 aliphatic carbocycles. The Morgan fingerprint density at radius 3 is 1.30 bits per heavy atom. The topological polar surface area (TPSA) is 0 Å². The van der Waals surface area contributed by atoms with E-state index in [1.807, 2.05) is 0 Å². The van der Waals surface area contributed by atoms with Crippen molar-refractivity contribution in [1.29, 1.82) is 0 Å². The van der Waals surface area contributed by atoms with Gasteiger partial charge in [-0.15, -0.1) is 0 Å². The molecule has 0 nitrogen and oxygen atoms in total. The molecule has 2 fully saturated rings. The summed E-state index contributed by atoms with van der Waals surface area (Å²) in [6, 6.07) is 18.7. The van der Waals surface area contributed by atoms with Crippen LogP contribution in [0.5, 0.6) is 0 Å². The molecular weight excluding hydrogens is 416 g/mol. The first-order valence-corrected chi connectivity index (χ1v) is 14.3. The first-order chi connectivity index (χ1) is 15.7. The van der Waals surface area contributed by atoms with Crippen LogP contribution in [0.15, 0.2) is 58.3 Å². The summed E-state index contributed by atoms with van der Waals surface area (Å²) >= 11 is 2.05. The first kappa shape index (κ1) is 24.9. The van der Waals surface area contributed by atoms with Gasteiger partial charge in [-0.2, -0.15) is 0 Å². The Bertz CT molecular complexity index is 837. The van der Waals surface area contributed by atoms with E-state index in [4.69, 9.17) is 0 Å². The molecule has 0 radical (unpaired) electrons. The summed E-state index contributed by atoms with van der Waals surface area (Å²) < 4.78 is 0. The van der Waals surface area contributed by atoms with Crippen molar-refractivity contribution in [3.05, 3.63) is 59.7 Å². The van der Waals surface area contributed by atoms with Crippen LogP contribution in [0, 0.1) is 22.7 Å². The summed E-state index contributed by atoms with van der Waals surface area (Å²) in [5.41, 5.74) is 3.94. The maximum atomic E-state index is 2.46. The third-order valence-corrected chi connectivity index (χ3v) is 9.80. The Morgan fingerprint density at radius 1 is 0.545 bits per heavy atom. The van der Waals surface area contributed by atoms with Gasteiger partial charge in [0.05, 0.1) is 0 Å². The Morgan fingerprint density at radius 2 is 0.909 bits per heavy atom. The molecule has 2 aliphatic rings. The fraction of sp³-hybridized carbons (Fsp3) is 0.625. The van der Waals surface area contributed by atoms with Crippen molar-refractivity contribution in [1.82, 2.24) is 0 Å². The highest BCUT2D eigenvalue weighted by molar-refractivity contribution is 7.99. The van der Waals surface area contributed by atoms with Crippen molar-refractivity contribution >= 4 is 11.8 Å². The lowest BCUT2D eigenvalue weighted by Gasteiger charge is -2.42. The lowest BCUT2D eigenvalue weighted by atomic mass is 9.64. The minimum absolute atomic E-state index is 0.364. The van der Waals surface area contributed by atoms with Crippen molar-refractivity contribution in [3.8, 4) is 0 Å². The van der Waals surface area contributed by atoms with Crippen molar-refractivity contribution < 1.29 is 0 Å². The van der Waals surface area contributed by atoms with E-state index in [1.165, 1.54) is 61.2 Å². The molecule has 2 aromatic rings. The molecular formula is C32H46S. The zero-order valence-electron chi connectivity index (χ0n) is 22.0. The van der Waals surface area contributed by atoms with E-state index in [1.54, 1.807) is 11.1 Å². The van der Waals surface area contributed by atoms with Crippen LogP contribution in [0.25, 0.3) is 0 Å². The van der Waals surface area contributed by atoms with Gasteiger partial charge in [-0.05, 0) is 83.4 Å². The van der Waals surface area contributed by atoms with Crippen LogP contribution < -0.4 is 0 Å². The van der Waals surface area contributed by atoms with Crippen LogP contribution >= 0.6 is 11.8 Å². The van der Waals surface area contributed by atoms with Gasteiger partial charge in [0.2, 0.25) is 0 Å². The molecule has 0 saturated heterocycles. The van der Waals surface area contributed by atoms with E-state index in [9.17, 15) is 0 Å². The SMILES string of the molecule is CC(C)(C)C1CCCCC1c1ccccc1Sc1ccccc1C1CCCCC1C(C)(C)C. The maximum Gasteiger partial charge on any atom is 0.0157 e. The van der Waals surface area contributed by atoms with Crippen LogP contribution in [-0.4, -0.2) is 0 Å². The molecule has 180 valence electrons. The van der Waals surface area contributed by atoms with Gasteiger partial charge in [-0.3, -0.25) is 0 Å². The van der Waals surface area contributed by atoms with E-state index < -0.39 is 0 Å². The number of rotatable bonds is 4. The van der Waals surface area contributed by atoms with Gasteiger partial charge < -0.3 is 0 Å². The first-order valence-electron chi connectivity index (χ1n) is 13.5. The molecule has 2 aromatic carbocycles. The van der Waals surface area contributed by atoms with Gasteiger partial charge in [-0.1, -0.05) is 115 Å². The van der Waals surface area contributed by atoms with E-state index in [0.717, 1.165) is 11.8 Å². The van der Waals surface area contributed by atoms with E-state index in [-0.39, 0.29) is 0 Å². The molecule has 0 N–H and O–H groups in total. The van der Waals surface area contributed by atoms with Gasteiger partial charge in [0.25, 0.3) is 0 Å². The Balaban J connectivity index is 1.68. The second kappa shape index (κ2) is 10.2. The summed E-state index contributed by atoms with van der Waals surface area (Å²) in [4.78, 5) is 2.99. The van der Waals surface area contributed by atoms with Gasteiger partial charge in [0.15, 0.2) is 0 Å². The fourth-order valence-corrected chi connectivity index (χ4v) is 8.16. The summed E-state index contributed by atoms with van der Waals surface area (Å²) in [7, 11) is 0. The standard InChI is InChI=1S/C32H46S/c1-31(2,3)27-19-11-7-15-23(27)25-17-9-13-21-29(25)33-30-22-14-10-18-26(30)24-16-8-12-20-28(24)32(4,5)6/h9-10,13-14,17-18,21-24,27-28H,7-8,11-12,15-16,19-20H2,1-6H3. The lowest BCUT2D eigenvalue weighted by Crippen LogP contribution is -2.30. The smallest absolute Gasteiger partial charge is 0.0157 e. The zero-order chi connectivity index (χ0) is 23.6. The van der Waals surface area contributed by atoms with Crippen molar-refractivity contribution in [2.24, 2.45) is 22.7 Å². The molecule has 1 heteroatoms. The zero-order valence-corrected chi connectivity index (χ0v) is 22.8. The lowest BCUT2D eigenvalue weighted by molar-refractivity contribution is 0.149. The predicted molar refractivity (Wildman–Crippen MR) is 145 cm³/mol. The van der Waals surface area contributed by atoms with Crippen LogP contribution in [0.4, 0.5) is 0 Å². The van der Waals surface area contributed by atoms with Crippen LogP contribution in [0.2, 0.25) is 0 Å². The summed E-state index contributed by atoms with van der Waals surface area (Å²) in [5, 5.41) is 0. The summed E-state index contributed by atoms with van der Waals surface area (Å²) in [5.74, 6) is 2.91. The quantitative estimate of drug-likeness (QED) is 0.435. The molecule has 4 atom stereocenters. The van der Waals surface area contributed by atoms with Crippen LogP contribution in [0.3, 0.4) is 0 Å². The Hall–Kier alpha value is -1.21. The Labute approximate surface area is 208 Å². The molecule has 0 heterocycles. The van der Waals surface area contributed by atoms with E-state index in [0.29, 0.717) is 22.7 Å². The van der Waals surface area contributed by atoms with Gasteiger partial charge >= 0.3 is 0 Å². The van der Waals surface area contributed by atoms with Gasteiger partial charge in [0.1, 0.15) is 0 Å². The number of hydrogen-bond acceptors (Lipinski definition) is 1. The van der Waals surface area contributed by atoms with Crippen LogP contribution in [-0.2, 0) is 0 Å². The van der Waals surface area contributed by atoms with Gasteiger partial charge in [0, 0.05) is 9.79 Å². The highest BCUT2D eigenvalue weighted by Gasteiger charge is 2.37. The molecule has 0 aliphatic heterocycles. The normalized spacial score (nSPS) is 26.8. The molecule has 0 aromatic heterocycles. The second-order valence-electron chi connectivity index (χ2n) is 12.9. The van der Waals surface area contributed by atoms with E-state index in [2.05, 4.69) is 102 Å². The number of hydrogen-bond donors (Lipinski definition) is 0. The van der Waals surface area contributed by atoms with Crippen molar-refractivity contribution in [2.45, 2.75) is 115 Å². The Kier molecular flexibility index (Phi) is 7.69. The third-order valence-electron chi connectivity index (χ3n) is 8.61. The highest BCUT2D eigenvalue weighted by Crippen LogP contribution is 2.52. The minimum atomic E-state index is 0.364. The summed E-state index contributed by atoms with van der Waals surface area (Å²) in [6.07, 6.45) is 11.0. The molecule has 0 spiro atoms. The van der Waals surface area contributed by atoms with Gasteiger partial charge in [-0.25, -0.2) is 0 Å². The van der Waals surface area contributed by atoms with Crippen LogP contribution in [0.1, 0.15) is 116 Å². The van der Waals surface area contributed by atoms with E-state index >= 15 is 0 Å². The number of benzene rings is 2. The monoisotopic (exact) mass is 462 g/mol. The maximum absolute atomic E-state index is 2.46. The molecule has 2 saturated carbocycles. The molecule has 0 bridgehead atoms. The third kappa shape index (κ3) is 5.72. The van der Waals surface area contributed by atoms with Crippen molar-refractivity contribution in [2.75, 3.05) is 0 Å². The molecule has 4 rings (SSSR count). The average molecular weight is 463 g/mol. The predicted octanol–water partition coefficient (Wildman–Crippen LogP) is 10.5. The molecule has 33 heavy (non-hydrogen) atoms. The minimum Gasteiger partial charge on any atom is -0.0895 e. The second-order valence-corrected chi connectivity index (χ2v) is 14.0.